The van der Waals surface area contributed by atoms with Crippen LogP contribution in [0.1, 0.15) is 25.5 Å². The van der Waals surface area contributed by atoms with Gasteiger partial charge in [0, 0.05) is 27.3 Å². The van der Waals surface area contributed by atoms with Crippen LogP contribution in [0.2, 0.25) is 0 Å². The highest BCUT2D eigenvalue weighted by Crippen LogP contribution is 2.22. The molecule has 16 heavy (non-hydrogen) atoms. The fourth-order valence-electron chi connectivity index (χ4n) is 1.65. The summed E-state index contributed by atoms with van der Waals surface area (Å²) in [5, 5.41) is 7.69. The van der Waals surface area contributed by atoms with E-state index in [2.05, 4.69) is 17.3 Å². The molecule has 0 fully saturated rings. The molecule has 0 bridgehead atoms. The summed E-state index contributed by atoms with van der Waals surface area (Å²) in [6, 6.07) is 0. The van der Waals surface area contributed by atoms with Gasteiger partial charge in [-0.25, -0.2) is 0 Å². The monoisotopic (exact) mass is 226 g/mol. The lowest BCUT2D eigenvalue weighted by atomic mass is 10.2. The van der Waals surface area contributed by atoms with Crippen molar-refractivity contribution in [2.45, 2.75) is 26.2 Å². The third-order valence-electron chi connectivity index (χ3n) is 2.46. The standard InChI is InChI=1S/C11H22N4O/c1-4-6-9-10(12)11(15(2)14-9)13-7-5-8-16-3/h13H,4-8,12H2,1-3H3. The maximum absolute atomic E-state index is 6.03. The van der Waals surface area contributed by atoms with Crippen molar-refractivity contribution in [2.24, 2.45) is 7.05 Å². The van der Waals surface area contributed by atoms with E-state index in [1.54, 1.807) is 7.11 Å². The predicted octanol–water partition coefficient (Wildman–Crippen LogP) is 1.40. The molecular weight excluding hydrogens is 204 g/mol. The second kappa shape index (κ2) is 6.37. The first kappa shape index (κ1) is 12.8. The number of methoxy groups -OCH3 is 1. The van der Waals surface area contributed by atoms with Crippen LogP contribution in [0.3, 0.4) is 0 Å². The minimum absolute atomic E-state index is 0.757. The van der Waals surface area contributed by atoms with Crippen LogP contribution in [0.5, 0.6) is 0 Å². The van der Waals surface area contributed by atoms with Crippen LogP contribution < -0.4 is 11.1 Å². The zero-order valence-corrected chi connectivity index (χ0v) is 10.4. The zero-order valence-electron chi connectivity index (χ0n) is 10.4. The zero-order chi connectivity index (χ0) is 12.0. The predicted molar refractivity (Wildman–Crippen MR) is 66.6 cm³/mol. The number of hydrogen-bond donors (Lipinski definition) is 2. The summed E-state index contributed by atoms with van der Waals surface area (Å²) >= 11 is 0. The summed E-state index contributed by atoms with van der Waals surface area (Å²) in [5.74, 6) is 0.916. The van der Waals surface area contributed by atoms with Crippen molar-refractivity contribution in [3.8, 4) is 0 Å². The molecule has 92 valence electrons. The van der Waals surface area contributed by atoms with Crippen LogP contribution in [0.15, 0.2) is 0 Å². The molecule has 0 aliphatic carbocycles. The van der Waals surface area contributed by atoms with Crippen LogP contribution in [-0.4, -0.2) is 30.0 Å². The van der Waals surface area contributed by atoms with Crippen LogP contribution in [0, 0.1) is 0 Å². The van der Waals surface area contributed by atoms with Crippen molar-refractivity contribution < 1.29 is 4.74 Å². The Kier molecular flexibility index (Phi) is 5.11. The van der Waals surface area contributed by atoms with E-state index in [0.717, 1.165) is 49.6 Å². The van der Waals surface area contributed by atoms with E-state index >= 15 is 0 Å². The number of hydrogen-bond acceptors (Lipinski definition) is 4. The number of nitrogens with zero attached hydrogens (tertiary/aromatic N) is 2. The summed E-state index contributed by atoms with van der Waals surface area (Å²) in [6.45, 7) is 3.73. The summed E-state index contributed by atoms with van der Waals surface area (Å²) in [4.78, 5) is 0. The van der Waals surface area contributed by atoms with E-state index in [4.69, 9.17) is 10.5 Å². The molecule has 1 aromatic rings. The van der Waals surface area contributed by atoms with Crippen molar-refractivity contribution in [3.63, 3.8) is 0 Å². The first-order valence-corrected chi connectivity index (χ1v) is 5.74. The Labute approximate surface area is 97.0 Å². The van der Waals surface area contributed by atoms with Crippen LogP contribution in [-0.2, 0) is 18.2 Å². The van der Waals surface area contributed by atoms with Gasteiger partial charge < -0.3 is 15.8 Å². The topological polar surface area (TPSA) is 65.1 Å². The Morgan fingerprint density at radius 3 is 2.88 bits per heavy atom. The second-order valence-corrected chi connectivity index (χ2v) is 3.86. The van der Waals surface area contributed by atoms with E-state index in [-0.39, 0.29) is 0 Å². The Hall–Kier alpha value is -1.23. The van der Waals surface area contributed by atoms with Gasteiger partial charge in [-0.15, -0.1) is 0 Å². The Balaban J connectivity index is 2.57. The second-order valence-electron chi connectivity index (χ2n) is 3.86. The lowest BCUT2D eigenvalue weighted by Crippen LogP contribution is -2.09. The van der Waals surface area contributed by atoms with Gasteiger partial charge in [-0.1, -0.05) is 13.3 Å². The number of nitrogens with two attached hydrogens (primary N) is 1. The molecular formula is C11H22N4O. The Morgan fingerprint density at radius 2 is 2.25 bits per heavy atom. The molecule has 0 aromatic carbocycles. The van der Waals surface area contributed by atoms with E-state index in [1.807, 2.05) is 11.7 Å². The first-order chi connectivity index (χ1) is 7.70. The largest absolute Gasteiger partial charge is 0.394 e. The van der Waals surface area contributed by atoms with E-state index < -0.39 is 0 Å². The minimum atomic E-state index is 0.757. The molecule has 3 N–H and O–H groups in total. The number of anilines is 2. The highest BCUT2D eigenvalue weighted by Gasteiger charge is 2.11. The minimum Gasteiger partial charge on any atom is -0.394 e. The number of aryl methyl sites for hydroxylation is 2. The molecule has 0 saturated carbocycles. The Morgan fingerprint density at radius 1 is 1.50 bits per heavy atom. The van der Waals surface area contributed by atoms with Gasteiger partial charge in [0.05, 0.1) is 11.4 Å². The maximum atomic E-state index is 6.03. The fourth-order valence-corrected chi connectivity index (χ4v) is 1.65. The SMILES string of the molecule is CCCc1nn(C)c(NCCCOC)c1N. The van der Waals surface area contributed by atoms with Gasteiger partial charge in [0.25, 0.3) is 0 Å². The van der Waals surface area contributed by atoms with Gasteiger partial charge in [-0.2, -0.15) is 5.10 Å². The van der Waals surface area contributed by atoms with Crippen LogP contribution in [0.25, 0.3) is 0 Å². The van der Waals surface area contributed by atoms with Gasteiger partial charge in [0.1, 0.15) is 5.82 Å². The van der Waals surface area contributed by atoms with Gasteiger partial charge >= 0.3 is 0 Å². The van der Waals surface area contributed by atoms with Gasteiger partial charge in [-0.05, 0) is 12.8 Å². The van der Waals surface area contributed by atoms with Crippen LogP contribution >= 0.6 is 0 Å². The summed E-state index contributed by atoms with van der Waals surface area (Å²) in [7, 11) is 3.62. The quantitative estimate of drug-likeness (QED) is 0.690. The lowest BCUT2D eigenvalue weighted by Gasteiger charge is -2.06. The highest BCUT2D eigenvalue weighted by atomic mass is 16.5. The van der Waals surface area contributed by atoms with Crippen molar-refractivity contribution in [1.29, 1.82) is 0 Å². The van der Waals surface area contributed by atoms with Gasteiger partial charge in [0.2, 0.25) is 0 Å². The number of aromatic nitrogens is 2. The number of ether oxygens (including phenoxy) is 1. The molecule has 0 radical (unpaired) electrons. The molecule has 0 saturated heterocycles. The van der Waals surface area contributed by atoms with Crippen molar-refractivity contribution >= 4 is 11.5 Å². The van der Waals surface area contributed by atoms with E-state index in [9.17, 15) is 0 Å². The van der Waals surface area contributed by atoms with Gasteiger partial charge in [0.15, 0.2) is 0 Å². The molecule has 0 spiro atoms. The average Bonchev–Trinajstić information content (AvgIpc) is 2.52. The van der Waals surface area contributed by atoms with Crippen molar-refractivity contribution in [1.82, 2.24) is 9.78 Å². The number of rotatable bonds is 7. The van der Waals surface area contributed by atoms with Crippen molar-refractivity contribution in [2.75, 3.05) is 31.3 Å². The molecule has 5 heteroatoms. The maximum Gasteiger partial charge on any atom is 0.147 e. The molecule has 0 unspecified atom stereocenters. The van der Waals surface area contributed by atoms with Gasteiger partial charge in [-0.3, -0.25) is 4.68 Å². The Bertz CT molecular complexity index is 322. The molecule has 1 aromatic heterocycles. The lowest BCUT2D eigenvalue weighted by molar-refractivity contribution is 0.197. The fraction of sp³-hybridized carbons (Fsp3) is 0.727. The van der Waals surface area contributed by atoms with Crippen molar-refractivity contribution in [3.05, 3.63) is 5.69 Å². The number of nitrogen functional groups attached to an aromatic ring is 1. The molecule has 5 nitrogen and oxygen atoms in total. The molecule has 0 aliphatic rings. The average molecular weight is 226 g/mol. The molecule has 0 aliphatic heterocycles. The summed E-state index contributed by atoms with van der Waals surface area (Å²) < 4.78 is 6.80. The molecule has 0 atom stereocenters. The third-order valence-corrected chi connectivity index (χ3v) is 2.46. The summed E-state index contributed by atoms with van der Waals surface area (Å²) in [5.41, 5.74) is 7.79. The molecule has 1 heterocycles. The highest BCUT2D eigenvalue weighted by molar-refractivity contribution is 5.64. The molecule has 1 rings (SSSR count). The number of nitrogens with one attached hydrogen (secondary N) is 1. The van der Waals surface area contributed by atoms with E-state index in [0.29, 0.717) is 0 Å². The van der Waals surface area contributed by atoms with Crippen LogP contribution in [0.4, 0.5) is 11.5 Å². The normalized spacial score (nSPS) is 10.7. The molecule has 0 amide bonds. The third kappa shape index (κ3) is 3.13. The first-order valence-electron chi connectivity index (χ1n) is 5.74. The smallest absolute Gasteiger partial charge is 0.147 e. The van der Waals surface area contributed by atoms with E-state index in [1.165, 1.54) is 0 Å². The summed E-state index contributed by atoms with van der Waals surface area (Å²) in [6.07, 6.45) is 2.95.